The van der Waals surface area contributed by atoms with Crippen LogP contribution in [-0.2, 0) is 6.54 Å². The van der Waals surface area contributed by atoms with Gasteiger partial charge in [-0.3, -0.25) is 14.3 Å². The standard InChI is InChI=1S/C10H13N5O2S/c1-2-4-11-9-14-13-8(18-9)6-15-5-3-7(16)12-10(15)17/h3,5H,2,4,6H2,1H3,(H,11,14)(H,12,16,17). The molecule has 2 N–H and O–H groups in total. The van der Waals surface area contributed by atoms with Crippen molar-refractivity contribution in [1.29, 1.82) is 0 Å². The number of aromatic nitrogens is 4. The number of nitrogens with one attached hydrogen (secondary N) is 2. The molecule has 18 heavy (non-hydrogen) atoms. The van der Waals surface area contributed by atoms with Gasteiger partial charge in [-0.15, -0.1) is 10.2 Å². The third kappa shape index (κ3) is 3.04. The van der Waals surface area contributed by atoms with Crippen LogP contribution in [0.3, 0.4) is 0 Å². The van der Waals surface area contributed by atoms with Crippen LogP contribution in [0.4, 0.5) is 5.13 Å². The van der Waals surface area contributed by atoms with Gasteiger partial charge in [-0.25, -0.2) is 4.79 Å². The third-order valence-corrected chi connectivity index (χ3v) is 3.06. The van der Waals surface area contributed by atoms with Crippen LogP contribution in [0.5, 0.6) is 0 Å². The molecular formula is C10H13N5O2S. The van der Waals surface area contributed by atoms with E-state index in [9.17, 15) is 9.59 Å². The quantitative estimate of drug-likeness (QED) is 0.810. The van der Waals surface area contributed by atoms with E-state index in [1.165, 1.54) is 28.2 Å². The highest BCUT2D eigenvalue weighted by atomic mass is 32.1. The SMILES string of the molecule is CCCNc1nnc(Cn2ccc(=O)[nH]c2=O)s1. The number of aromatic amines is 1. The Kier molecular flexibility index (Phi) is 3.88. The fourth-order valence-corrected chi connectivity index (χ4v) is 2.10. The highest BCUT2D eigenvalue weighted by molar-refractivity contribution is 7.15. The summed E-state index contributed by atoms with van der Waals surface area (Å²) in [7, 11) is 0. The molecule has 0 atom stereocenters. The molecule has 0 amide bonds. The molecule has 0 bridgehead atoms. The summed E-state index contributed by atoms with van der Waals surface area (Å²) < 4.78 is 1.38. The second-order valence-electron chi connectivity index (χ2n) is 3.67. The predicted molar refractivity (Wildman–Crippen MR) is 69.1 cm³/mol. The molecule has 2 aromatic heterocycles. The van der Waals surface area contributed by atoms with Gasteiger partial charge in [0.15, 0.2) is 0 Å². The average molecular weight is 267 g/mol. The summed E-state index contributed by atoms with van der Waals surface area (Å²) in [6.07, 6.45) is 2.45. The minimum absolute atomic E-state index is 0.307. The Morgan fingerprint density at radius 3 is 3.00 bits per heavy atom. The maximum absolute atomic E-state index is 11.5. The monoisotopic (exact) mass is 267 g/mol. The Bertz CT molecular complexity index is 629. The molecule has 0 aliphatic rings. The lowest BCUT2D eigenvalue weighted by Gasteiger charge is -1.99. The van der Waals surface area contributed by atoms with Gasteiger partial charge in [0.1, 0.15) is 5.01 Å². The van der Waals surface area contributed by atoms with Gasteiger partial charge < -0.3 is 5.32 Å². The van der Waals surface area contributed by atoms with E-state index in [4.69, 9.17) is 0 Å². The van der Waals surface area contributed by atoms with Crippen molar-refractivity contribution in [1.82, 2.24) is 19.7 Å². The van der Waals surface area contributed by atoms with E-state index in [2.05, 4.69) is 27.4 Å². The lowest BCUT2D eigenvalue weighted by atomic mass is 10.5. The Balaban J connectivity index is 2.11. The van der Waals surface area contributed by atoms with Crippen molar-refractivity contribution in [2.75, 3.05) is 11.9 Å². The first-order valence-corrected chi connectivity index (χ1v) is 6.36. The molecule has 8 heteroatoms. The van der Waals surface area contributed by atoms with E-state index in [1.807, 2.05) is 0 Å². The number of hydrogen-bond donors (Lipinski definition) is 2. The van der Waals surface area contributed by atoms with Gasteiger partial charge in [-0.1, -0.05) is 18.3 Å². The van der Waals surface area contributed by atoms with Crippen LogP contribution in [0.2, 0.25) is 0 Å². The second kappa shape index (κ2) is 5.58. The molecule has 0 spiro atoms. The van der Waals surface area contributed by atoms with Crippen LogP contribution < -0.4 is 16.6 Å². The van der Waals surface area contributed by atoms with E-state index >= 15 is 0 Å². The minimum atomic E-state index is -0.444. The summed E-state index contributed by atoms with van der Waals surface area (Å²) in [5.74, 6) is 0. The largest absolute Gasteiger partial charge is 0.360 e. The first-order chi connectivity index (χ1) is 8.69. The average Bonchev–Trinajstić information content (AvgIpc) is 2.78. The van der Waals surface area contributed by atoms with Crippen LogP contribution in [0.1, 0.15) is 18.4 Å². The zero-order chi connectivity index (χ0) is 13.0. The van der Waals surface area contributed by atoms with E-state index in [-0.39, 0.29) is 0 Å². The van der Waals surface area contributed by atoms with Crippen molar-refractivity contribution >= 4 is 16.5 Å². The highest BCUT2D eigenvalue weighted by Gasteiger charge is 2.05. The minimum Gasteiger partial charge on any atom is -0.360 e. The molecule has 0 saturated heterocycles. The maximum Gasteiger partial charge on any atom is 0.328 e. The van der Waals surface area contributed by atoms with Crippen molar-refractivity contribution in [3.05, 3.63) is 38.1 Å². The topological polar surface area (TPSA) is 92.7 Å². The first kappa shape index (κ1) is 12.5. The van der Waals surface area contributed by atoms with Crippen molar-refractivity contribution in [3.8, 4) is 0 Å². The van der Waals surface area contributed by atoms with Crippen LogP contribution in [0.15, 0.2) is 21.9 Å². The van der Waals surface area contributed by atoms with E-state index in [0.717, 1.165) is 18.1 Å². The molecule has 7 nitrogen and oxygen atoms in total. The summed E-state index contributed by atoms with van der Waals surface area (Å²) in [4.78, 5) is 24.6. The van der Waals surface area contributed by atoms with Crippen molar-refractivity contribution in [2.45, 2.75) is 19.9 Å². The maximum atomic E-state index is 11.5. The van der Waals surface area contributed by atoms with Crippen LogP contribution in [0.25, 0.3) is 0 Å². The zero-order valence-corrected chi connectivity index (χ0v) is 10.7. The third-order valence-electron chi connectivity index (χ3n) is 2.20. The lowest BCUT2D eigenvalue weighted by molar-refractivity contribution is 0.709. The Hall–Kier alpha value is -1.96. The second-order valence-corrected chi connectivity index (χ2v) is 4.73. The van der Waals surface area contributed by atoms with Gasteiger partial charge in [0.2, 0.25) is 5.13 Å². The molecule has 2 rings (SSSR count). The van der Waals surface area contributed by atoms with Crippen LogP contribution in [0, 0.1) is 0 Å². The molecule has 96 valence electrons. The number of nitrogens with zero attached hydrogens (tertiary/aromatic N) is 3. The summed E-state index contributed by atoms with van der Waals surface area (Å²) in [6.45, 7) is 3.21. The Morgan fingerprint density at radius 1 is 1.44 bits per heavy atom. The van der Waals surface area contributed by atoms with E-state index in [1.54, 1.807) is 0 Å². The molecule has 2 heterocycles. The normalized spacial score (nSPS) is 10.5. The van der Waals surface area contributed by atoms with Gasteiger partial charge in [0, 0.05) is 18.8 Å². The van der Waals surface area contributed by atoms with Gasteiger partial charge in [0.05, 0.1) is 6.54 Å². The number of hydrogen-bond acceptors (Lipinski definition) is 6. The van der Waals surface area contributed by atoms with Gasteiger partial charge in [0.25, 0.3) is 5.56 Å². The van der Waals surface area contributed by atoms with E-state index < -0.39 is 11.2 Å². The fourth-order valence-electron chi connectivity index (χ4n) is 1.34. The molecule has 0 aliphatic carbocycles. The number of H-pyrrole nitrogens is 1. The summed E-state index contributed by atoms with van der Waals surface area (Å²) >= 11 is 1.40. The van der Waals surface area contributed by atoms with Crippen molar-refractivity contribution < 1.29 is 0 Å². The Morgan fingerprint density at radius 2 is 2.28 bits per heavy atom. The molecule has 0 aromatic carbocycles. The first-order valence-electron chi connectivity index (χ1n) is 5.55. The molecule has 0 radical (unpaired) electrons. The number of anilines is 1. The zero-order valence-electron chi connectivity index (χ0n) is 9.84. The summed E-state index contributed by atoms with van der Waals surface area (Å²) in [5, 5.41) is 12.5. The number of rotatable bonds is 5. The van der Waals surface area contributed by atoms with Gasteiger partial charge in [-0.2, -0.15) is 0 Å². The summed E-state index contributed by atoms with van der Waals surface area (Å²) in [6, 6.07) is 1.30. The lowest BCUT2D eigenvalue weighted by Crippen LogP contribution is -2.28. The highest BCUT2D eigenvalue weighted by Crippen LogP contribution is 2.15. The molecule has 0 aliphatic heterocycles. The fraction of sp³-hybridized carbons (Fsp3) is 0.400. The van der Waals surface area contributed by atoms with Gasteiger partial charge in [-0.05, 0) is 6.42 Å². The molecule has 0 saturated carbocycles. The molecule has 2 aromatic rings. The molecule has 0 unspecified atom stereocenters. The summed E-state index contributed by atoms with van der Waals surface area (Å²) in [5.41, 5.74) is -0.848. The van der Waals surface area contributed by atoms with Crippen LogP contribution in [-0.4, -0.2) is 26.3 Å². The molecular weight excluding hydrogens is 254 g/mol. The van der Waals surface area contributed by atoms with Crippen molar-refractivity contribution in [2.24, 2.45) is 0 Å². The smallest absolute Gasteiger partial charge is 0.328 e. The Labute approximate surface area is 107 Å². The van der Waals surface area contributed by atoms with Crippen molar-refractivity contribution in [3.63, 3.8) is 0 Å². The predicted octanol–water partition coefficient (Wildman–Crippen LogP) is 0.258. The van der Waals surface area contributed by atoms with Crippen LogP contribution >= 0.6 is 11.3 Å². The van der Waals surface area contributed by atoms with Gasteiger partial charge >= 0.3 is 5.69 Å². The molecule has 0 fully saturated rings. The van der Waals surface area contributed by atoms with E-state index in [0.29, 0.717) is 11.6 Å².